The van der Waals surface area contributed by atoms with E-state index in [4.69, 9.17) is 22.9 Å². The number of nitrogen functional groups attached to an aromatic ring is 1. The molecule has 15 heavy (non-hydrogen) atoms. The van der Waals surface area contributed by atoms with E-state index in [1.807, 2.05) is 0 Å². The van der Waals surface area contributed by atoms with Gasteiger partial charge in [0.05, 0.1) is 11.3 Å². The maximum Gasteiger partial charge on any atom is 0.131 e. The Bertz CT molecular complexity index is 453. The number of hydrogen-bond acceptors (Lipinski definition) is 3. The van der Waals surface area contributed by atoms with Gasteiger partial charge in [-0.25, -0.2) is 4.98 Å². The minimum Gasteiger partial charge on any atom is -0.398 e. The van der Waals surface area contributed by atoms with Crippen LogP contribution >= 0.6 is 11.6 Å². The van der Waals surface area contributed by atoms with E-state index in [-0.39, 0.29) is 0 Å². The summed E-state index contributed by atoms with van der Waals surface area (Å²) in [5, 5.41) is 3.69. The van der Waals surface area contributed by atoms with Crippen LogP contribution in [0.3, 0.4) is 0 Å². The van der Waals surface area contributed by atoms with Gasteiger partial charge in [0.15, 0.2) is 0 Å². The zero-order valence-electron chi connectivity index (χ0n) is 7.81. The summed E-state index contributed by atoms with van der Waals surface area (Å²) in [4.78, 5) is 6.47. The smallest absolute Gasteiger partial charge is 0.131 e. The molecule has 0 fully saturated rings. The lowest BCUT2D eigenvalue weighted by molar-refractivity contribution is 1.01. The molecule has 0 unspecified atom stereocenters. The topological polar surface area (TPSA) is 87.7 Å². The first-order valence-electron chi connectivity index (χ1n) is 4.15. The van der Waals surface area contributed by atoms with Crippen LogP contribution in [0.4, 0.5) is 5.69 Å². The van der Waals surface area contributed by atoms with Crippen LogP contribution in [-0.2, 0) is 0 Å². The van der Waals surface area contributed by atoms with Gasteiger partial charge in [0.25, 0.3) is 0 Å². The number of aromatic nitrogens is 1. The second kappa shape index (κ2) is 5.76. The average Bonchev–Trinajstić information content (AvgIpc) is 2.20. The van der Waals surface area contributed by atoms with Crippen molar-refractivity contribution in [2.45, 2.75) is 6.42 Å². The van der Waals surface area contributed by atoms with Gasteiger partial charge in [-0.15, -0.1) is 0 Å². The summed E-state index contributed by atoms with van der Waals surface area (Å²) < 4.78 is 0. The van der Waals surface area contributed by atoms with Crippen molar-refractivity contribution in [2.75, 3.05) is 12.3 Å². The van der Waals surface area contributed by atoms with Gasteiger partial charge in [-0.05, 0) is 11.6 Å². The third kappa shape index (κ3) is 3.77. The lowest BCUT2D eigenvalue weighted by Crippen LogP contribution is -1.91. The van der Waals surface area contributed by atoms with Crippen molar-refractivity contribution in [2.24, 2.45) is 5.11 Å². The highest BCUT2D eigenvalue weighted by Crippen LogP contribution is 2.13. The molecule has 0 atom stereocenters. The first kappa shape index (κ1) is 11.2. The van der Waals surface area contributed by atoms with Crippen molar-refractivity contribution >= 4 is 17.3 Å². The lowest BCUT2D eigenvalue weighted by atomic mass is 10.2. The maximum atomic E-state index is 8.02. The van der Waals surface area contributed by atoms with Crippen LogP contribution in [0.2, 0.25) is 5.15 Å². The number of pyridine rings is 1. The van der Waals surface area contributed by atoms with Gasteiger partial charge < -0.3 is 5.73 Å². The van der Waals surface area contributed by atoms with Gasteiger partial charge in [0.2, 0.25) is 0 Å². The fraction of sp³-hybridized carbons (Fsp3) is 0.222. The summed E-state index contributed by atoms with van der Waals surface area (Å²) in [6, 6.07) is 1.54. The zero-order chi connectivity index (χ0) is 11.1. The molecule has 5 nitrogen and oxygen atoms in total. The lowest BCUT2D eigenvalue weighted by Gasteiger charge is -1.96. The summed E-state index contributed by atoms with van der Waals surface area (Å²) >= 11 is 5.63. The van der Waals surface area contributed by atoms with E-state index >= 15 is 0 Å². The van der Waals surface area contributed by atoms with Crippen molar-refractivity contribution < 1.29 is 0 Å². The van der Waals surface area contributed by atoms with E-state index in [1.165, 1.54) is 6.20 Å². The minimum atomic E-state index is 0.340. The highest BCUT2D eigenvalue weighted by atomic mass is 35.5. The molecule has 6 heteroatoms. The van der Waals surface area contributed by atoms with Crippen LogP contribution in [0, 0.1) is 11.8 Å². The van der Waals surface area contributed by atoms with Crippen molar-refractivity contribution in [3.8, 4) is 11.8 Å². The fourth-order valence-corrected chi connectivity index (χ4v) is 1.02. The molecule has 2 N–H and O–H groups in total. The monoisotopic (exact) mass is 221 g/mol. The van der Waals surface area contributed by atoms with Gasteiger partial charge in [-0.2, -0.15) is 0 Å². The van der Waals surface area contributed by atoms with E-state index in [0.717, 1.165) is 0 Å². The first-order valence-corrected chi connectivity index (χ1v) is 4.52. The molecule has 0 aliphatic heterocycles. The first-order chi connectivity index (χ1) is 7.24. The van der Waals surface area contributed by atoms with E-state index in [9.17, 15) is 0 Å². The van der Waals surface area contributed by atoms with Gasteiger partial charge in [-0.1, -0.05) is 28.6 Å². The number of anilines is 1. The van der Waals surface area contributed by atoms with Crippen LogP contribution in [0.5, 0.6) is 0 Å². The molecule has 0 radical (unpaired) electrons. The second-order valence-electron chi connectivity index (χ2n) is 2.60. The number of azide groups is 1. The Morgan fingerprint density at radius 2 is 2.47 bits per heavy atom. The molecule has 0 aliphatic carbocycles. The molecular weight excluding hydrogens is 214 g/mol. The third-order valence-corrected chi connectivity index (χ3v) is 1.73. The predicted molar refractivity (Wildman–Crippen MR) is 59.2 cm³/mol. The number of halogens is 1. The number of nitrogens with zero attached hydrogens (tertiary/aromatic N) is 4. The summed E-state index contributed by atoms with van der Waals surface area (Å²) in [6.45, 7) is 0.352. The molecule has 1 aromatic rings. The number of hydrogen-bond donors (Lipinski definition) is 1. The molecule has 0 amide bonds. The van der Waals surface area contributed by atoms with Crippen molar-refractivity contribution in [3.05, 3.63) is 33.4 Å². The largest absolute Gasteiger partial charge is 0.398 e. The Balaban J connectivity index is 2.67. The van der Waals surface area contributed by atoms with Gasteiger partial charge in [-0.3, -0.25) is 0 Å². The van der Waals surface area contributed by atoms with Gasteiger partial charge >= 0.3 is 0 Å². The summed E-state index contributed by atoms with van der Waals surface area (Å²) in [5.74, 6) is 5.64. The molecule has 1 aromatic heterocycles. The SMILES string of the molecule is [N-]=[N+]=NCCC#Cc1cnc(Cl)cc1N. The summed E-state index contributed by atoms with van der Waals surface area (Å²) in [5.41, 5.74) is 14.8. The Labute approximate surface area is 91.9 Å². The van der Waals surface area contributed by atoms with Crippen LogP contribution < -0.4 is 5.73 Å². The van der Waals surface area contributed by atoms with E-state index in [2.05, 4.69) is 26.9 Å². The fourth-order valence-electron chi connectivity index (χ4n) is 0.857. The molecule has 0 bridgehead atoms. The predicted octanol–water partition coefficient (Wildman–Crippen LogP) is 2.37. The minimum absolute atomic E-state index is 0.340. The molecule has 0 spiro atoms. The zero-order valence-corrected chi connectivity index (χ0v) is 8.57. The second-order valence-corrected chi connectivity index (χ2v) is 2.99. The van der Waals surface area contributed by atoms with E-state index in [1.54, 1.807) is 6.07 Å². The quantitative estimate of drug-likeness (QED) is 0.208. The van der Waals surface area contributed by atoms with Crippen molar-refractivity contribution in [3.63, 3.8) is 0 Å². The van der Waals surface area contributed by atoms with Crippen LogP contribution in [0.1, 0.15) is 12.0 Å². The standard InChI is InChI=1S/C9H8ClN5/c10-9-5-8(11)7(6-13-9)3-1-2-4-14-15-12/h5-6H,2,4H2,(H2,11,13). The normalized spacial score (nSPS) is 8.60. The summed E-state index contributed by atoms with van der Waals surface area (Å²) in [6.07, 6.45) is 2.00. The van der Waals surface area contributed by atoms with E-state index in [0.29, 0.717) is 29.4 Å². The molecule has 0 saturated carbocycles. The Morgan fingerprint density at radius 3 is 3.13 bits per heavy atom. The molecule has 76 valence electrons. The highest BCUT2D eigenvalue weighted by molar-refractivity contribution is 6.29. The van der Waals surface area contributed by atoms with Crippen LogP contribution in [0.25, 0.3) is 10.4 Å². The molecule has 1 heterocycles. The maximum absolute atomic E-state index is 8.02. The third-order valence-electron chi connectivity index (χ3n) is 1.53. The van der Waals surface area contributed by atoms with E-state index < -0.39 is 0 Å². The highest BCUT2D eigenvalue weighted by Gasteiger charge is 1.96. The molecule has 0 saturated heterocycles. The van der Waals surface area contributed by atoms with Crippen molar-refractivity contribution in [1.29, 1.82) is 0 Å². The number of nitrogens with two attached hydrogens (primary N) is 1. The van der Waals surface area contributed by atoms with Crippen molar-refractivity contribution in [1.82, 2.24) is 4.98 Å². The van der Waals surface area contributed by atoms with Gasteiger partial charge in [0.1, 0.15) is 5.15 Å². The van der Waals surface area contributed by atoms with Gasteiger partial charge in [0, 0.05) is 24.1 Å². The number of rotatable bonds is 2. The Kier molecular flexibility index (Phi) is 4.30. The Hall–Kier alpha value is -1.89. The Morgan fingerprint density at radius 1 is 1.67 bits per heavy atom. The molecule has 1 rings (SSSR count). The van der Waals surface area contributed by atoms with Crippen LogP contribution in [0.15, 0.2) is 17.4 Å². The van der Waals surface area contributed by atoms with Crippen LogP contribution in [-0.4, -0.2) is 11.5 Å². The molecule has 0 aromatic carbocycles. The summed E-state index contributed by atoms with van der Waals surface area (Å²) in [7, 11) is 0. The molecular formula is C9H8ClN5. The molecule has 0 aliphatic rings. The average molecular weight is 222 g/mol.